The van der Waals surface area contributed by atoms with Crippen LogP contribution >= 0.6 is 11.6 Å². The van der Waals surface area contributed by atoms with E-state index < -0.39 is 39.2 Å². The molecule has 0 spiro atoms. The van der Waals surface area contributed by atoms with Gasteiger partial charge in [-0.15, -0.1) is 0 Å². The number of nitrogens with zero attached hydrogens (tertiary/aromatic N) is 3. The maximum absolute atomic E-state index is 13.1. The Morgan fingerprint density at radius 3 is 2.43 bits per heavy atom. The molecule has 1 aliphatic heterocycles. The molecule has 1 N–H and O–H groups in total. The molecule has 30 heavy (non-hydrogen) atoms. The van der Waals surface area contributed by atoms with Crippen LogP contribution < -0.4 is 9.62 Å². The van der Waals surface area contributed by atoms with Crippen molar-refractivity contribution in [3.05, 3.63) is 28.8 Å². The highest BCUT2D eigenvalue weighted by Gasteiger charge is 2.34. The van der Waals surface area contributed by atoms with Gasteiger partial charge < -0.3 is 15.1 Å². The second-order valence-electron chi connectivity index (χ2n) is 7.28. The lowest BCUT2D eigenvalue weighted by Gasteiger charge is -2.32. The Morgan fingerprint density at radius 1 is 1.23 bits per heavy atom. The summed E-state index contributed by atoms with van der Waals surface area (Å²) in [7, 11) is -1.93. The fraction of sp³-hybridized carbons (Fsp3) is 0.611. The molecule has 1 aromatic carbocycles. The quantitative estimate of drug-likeness (QED) is 0.587. The van der Waals surface area contributed by atoms with E-state index in [9.17, 15) is 26.4 Å². The Hall–Kier alpha value is -1.56. The van der Waals surface area contributed by atoms with Crippen LogP contribution in [-0.4, -0.2) is 83.2 Å². The predicted molar refractivity (Wildman–Crippen MR) is 110 cm³/mol. The van der Waals surface area contributed by atoms with Gasteiger partial charge in [0, 0.05) is 32.7 Å². The normalized spacial score (nSPS) is 16.5. The molecule has 1 fully saturated rings. The number of benzene rings is 1. The van der Waals surface area contributed by atoms with Gasteiger partial charge in [0.15, 0.2) is 0 Å². The topological polar surface area (TPSA) is 73.0 Å². The van der Waals surface area contributed by atoms with Crippen LogP contribution in [0.3, 0.4) is 0 Å². The van der Waals surface area contributed by atoms with Crippen LogP contribution in [-0.2, 0) is 21.0 Å². The first-order chi connectivity index (χ1) is 13.9. The van der Waals surface area contributed by atoms with Crippen molar-refractivity contribution in [2.75, 3.05) is 63.4 Å². The molecule has 1 amide bonds. The summed E-state index contributed by atoms with van der Waals surface area (Å²) in [5, 5.41) is 2.08. The first-order valence-electron chi connectivity index (χ1n) is 9.40. The summed E-state index contributed by atoms with van der Waals surface area (Å²) in [5.41, 5.74) is -1.44. The summed E-state index contributed by atoms with van der Waals surface area (Å²) in [6.45, 7) is 4.39. The number of rotatable bonds is 8. The van der Waals surface area contributed by atoms with Gasteiger partial charge in [0.05, 0.1) is 22.5 Å². The Balaban J connectivity index is 1.96. The molecule has 7 nitrogen and oxygen atoms in total. The Morgan fingerprint density at radius 2 is 1.87 bits per heavy atom. The van der Waals surface area contributed by atoms with Gasteiger partial charge in [-0.25, -0.2) is 8.42 Å². The van der Waals surface area contributed by atoms with Crippen molar-refractivity contribution in [1.82, 2.24) is 15.1 Å². The number of piperazine rings is 1. The van der Waals surface area contributed by atoms with Crippen LogP contribution in [0, 0.1) is 0 Å². The summed E-state index contributed by atoms with van der Waals surface area (Å²) in [5.74, 6) is -0.595. The highest BCUT2D eigenvalue weighted by molar-refractivity contribution is 7.92. The second kappa shape index (κ2) is 10.2. The number of sulfonamides is 1. The number of nitrogens with one attached hydrogen (secondary N) is 1. The molecule has 0 aliphatic carbocycles. The van der Waals surface area contributed by atoms with E-state index in [1.807, 2.05) is 0 Å². The molecule has 170 valence electrons. The summed E-state index contributed by atoms with van der Waals surface area (Å²) in [6.07, 6.45) is -3.23. The molecule has 1 heterocycles. The van der Waals surface area contributed by atoms with E-state index in [4.69, 9.17) is 11.6 Å². The number of hydrogen-bond acceptors (Lipinski definition) is 5. The fourth-order valence-electron chi connectivity index (χ4n) is 3.07. The Kier molecular flexibility index (Phi) is 8.37. The number of hydrogen-bond donors (Lipinski definition) is 1. The minimum Gasteiger partial charge on any atom is -0.354 e. The molecular weight excluding hydrogens is 445 g/mol. The molecule has 0 aromatic heterocycles. The van der Waals surface area contributed by atoms with E-state index in [1.54, 1.807) is 0 Å². The number of carbonyl (C=O) groups excluding carboxylic acids is 1. The number of carbonyl (C=O) groups is 1. The van der Waals surface area contributed by atoms with E-state index in [-0.39, 0.29) is 5.69 Å². The fourth-order valence-corrected chi connectivity index (χ4v) is 4.15. The van der Waals surface area contributed by atoms with Crippen molar-refractivity contribution in [1.29, 1.82) is 0 Å². The summed E-state index contributed by atoms with van der Waals surface area (Å²) in [6, 6.07) is 2.73. The lowest BCUT2D eigenvalue weighted by Crippen LogP contribution is -2.45. The molecule has 2 rings (SSSR count). The van der Waals surface area contributed by atoms with Gasteiger partial charge in [-0.2, -0.15) is 13.2 Å². The molecule has 1 aromatic rings. The van der Waals surface area contributed by atoms with E-state index in [0.29, 0.717) is 23.3 Å². The average Bonchev–Trinajstić information content (AvgIpc) is 2.63. The van der Waals surface area contributed by atoms with E-state index in [1.165, 1.54) is 0 Å². The van der Waals surface area contributed by atoms with Gasteiger partial charge in [0.2, 0.25) is 15.9 Å². The molecule has 0 bridgehead atoms. The van der Waals surface area contributed by atoms with E-state index >= 15 is 0 Å². The largest absolute Gasteiger partial charge is 0.417 e. The molecule has 0 radical (unpaired) electrons. The number of amides is 1. The van der Waals surface area contributed by atoms with Crippen molar-refractivity contribution in [2.45, 2.75) is 12.6 Å². The van der Waals surface area contributed by atoms with Crippen molar-refractivity contribution >= 4 is 33.2 Å². The minimum atomic E-state index is -4.75. The maximum atomic E-state index is 13.1. The lowest BCUT2D eigenvalue weighted by atomic mass is 10.2. The minimum absolute atomic E-state index is 0.276. The smallest absolute Gasteiger partial charge is 0.354 e. The SMILES string of the molecule is CN1CCN(CCCNC(=O)CN(c2ccc(Cl)c(C(F)(F)F)c2)S(C)(=O)=O)CC1. The van der Waals surface area contributed by atoms with Crippen LogP contribution in [0.2, 0.25) is 5.02 Å². The standard InChI is InChI=1S/C18H26ClF3N4O3S/c1-24-8-10-25(11-9-24)7-3-6-23-17(27)13-26(30(2,28)29)14-4-5-16(19)15(12-14)18(20,21)22/h4-5,12H,3,6-11,13H2,1-2H3,(H,23,27). The highest BCUT2D eigenvalue weighted by Crippen LogP contribution is 2.37. The van der Waals surface area contributed by atoms with Crippen molar-refractivity contribution < 1.29 is 26.4 Å². The monoisotopic (exact) mass is 470 g/mol. The lowest BCUT2D eigenvalue weighted by molar-refractivity contribution is -0.137. The van der Waals surface area contributed by atoms with E-state index in [2.05, 4.69) is 22.2 Å². The van der Waals surface area contributed by atoms with Gasteiger partial charge in [-0.3, -0.25) is 9.10 Å². The zero-order valence-electron chi connectivity index (χ0n) is 16.9. The zero-order valence-corrected chi connectivity index (χ0v) is 18.4. The number of halogens is 4. The number of alkyl halides is 3. The van der Waals surface area contributed by atoms with Gasteiger partial charge in [-0.1, -0.05) is 11.6 Å². The average molecular weight is 471 g/mol. The van der Waals surface area contributed by atoms with Crippen molar-refractivity contribution in [3.8, 4) is 0 Å². The van der Waals surface area contributed by atoms with Crippen LogP contribution in [0.15, 0.2) is 18.2 Å². The first-order valence-corrected chi connectivity index (χ1v) is 11.6. The van der Waals surface area contributed by atoms with Gasteiger partial charge in [0.25, 0.3) is 0 Å². The van der Waals surface area contributed by atoms with Crippen LogP contribution in [0.25, 0.3) is 0 Å². The summed E-state index contributed by atoms with van der Waals surface area (Å²) >= 11 is 5.59. The number of anilines is 1. The molecule has 1 saturated heterocycles. The van der Waals surface area contributed by atoms with Crippen LogP contribution in [0.1, 0.15) is 12.0 Å². The van der Waals surface area contributed by atoms with Crippen LogP contribution in [0.5, 0.6) is 0 Å². The maximum Gasteiger partial charge on any atom is 0.417 e. The summed E-state index contributed by atoms with van der Waals surface area (Å²) < 4.78 is 64.1. The molecule has 0 atom stereocenters. The Labute approximate surface area is 179 Å². The zero-order chi connectivity index (χ0) is 22.5. The van der Waals surface area contributed by atoms with Gasteiger partial charge >= 0.3 is 6.18 Å². The molecule has 0 unspecified atom stereocenters. The van der Waals surface area contributed by atoms with Gasteiger partial charge in [0.1, 0.15) is 6.54 Å². The molecule has 12 heteroatoms. The third-order valence-corrected chi connectivity index (χ3v) is 6.27. The van der Waals surface area contributed by atoms with Gasteiger partial charge in [-0.05, 0) is 38.2 Å². The molecule has 1 aliphatic rings. The molecule has 0 saturated carbocycles. The molecular formula is C18H26ClF3N4O3S. The van der Waals surface area contributed by atoms with E-state index in [0.717, 1.165) is 51.1 Å². The first kappa shape index (κ1) is 24.7. The predicted octanol–water partition coefficient (Wildman–Crippen LogP) is 1.88. The second-order valence-corrected chi connectivity index (χ2v) is 9.59. The third kappa shape index (κ3) is 7.29. The Bertz CT molecular complexity index is 844. The number of likely N-dealkylation sites (N-methyl/N-ethyl adjacent to an activating group) is 1. The summed E-state index contributed by atoms with van der Waals surface area (Å²) in [4.78, 5) is 16.7. The van der Waals surface area contributed by atoms with Crippen LogP contribution in [0.4, 0.5) is 18.9 Å². The van der Waals surface area contributed by atoms with Crippen molar-refractivity contribution in [3.63, 3.8) is 0 Å². The highest BCUT2D eigenvalue weighted by atomic mass is 35.5. The van der Waals surface area contributed by atoms with Crippen molar-refractivity contribution in [2.24, 2.45) is 0 Å². The third-order valence-electron chi connectivity index (χ3n) is 4.80.